The lowest BCUT2D eigenvalue weighted by Gasteiger charge is -2.02. The zero-order valence-corrected chi connectivity index (χ0v) is 7.18. The molecule has 0 radical (unpaired) electrons. The Kier molecular flexibility index (Phi) is 7.73. The first-order valence-corrected chi connectivity index (χ1v) is 4.15. The average Bonchev–Trinajstić information content (AvgIpc) is 2.02. The van der Waals surface area contributed by atoms with Crippen molar-refractivity contribution in [2.24, 2.45) is 5.73 Å². The van der Waals surface area contributed by atoms with Crippen molar-refractivity contribution in [3.63, 3.8) is 0 Å². The van der Waals surface area contributed by atoms with Gasteiger partial charge in [0, 0.05) is 6.54 Å². The maximum atomic E-state index is 9.99. The van der Waals surface area contributed by atoms with Crippen molar-refractivity contribution in [2.75, 3.05) is 26.2 Å². The molecule has 5 nitrogen and oxygen atoms in total. The third kappa shape index (κ3) is 9.19. The summed E-state index contributed by atoms with van der Waals surface area (Å²) in [6, 6.07) is 0. The molecule has 0 fully saturated rings. The SMILES string of the molecule is NCCCNCCCNC(=O)O. The maximum Gasteiger partial charge on any atom is 0.404 e. The highest BCUT2D eigenvalue weighted by Crippen LogP contribution is 1.75. The molecule has 0 aliphatic heterocycles. The Hall–Kier alpha value is -0.810. The van der Waals surface area contributed by atoms with Gasteiger partial charge in [-0.2, -0.15) is 0 Å². The smallest absolute Gasteiger partial charge is 0.404 e. The Balaban J connectivity index is 2.86. The van der Waals surface area contributed by atoms with Gasteiger partial charge in [0.1, 0.15) is 0 Å². The van der Waals surface area contributed by atoms with Crippen LogP contribution in [0.25, 0.3) is 0 Å². The van der Waals surface area contributed by atoms with Crippen LogP contribution in [0, 0.1) is 0 Å². The summed E-state index contributed by atoms with van der Waals surface area (Å²) in [7, 11) is 0. The van der Waals surface area contributed by atoms with Crippen LogP contribution in [0.5, 0.6) is 0 Å². The first-order valence-electron chi connectivity index (χ1n) is 4.15. The summed E-state index contributed by atoms with van der Waals surface area (Å²) in [5.41, 5.74) is 5.28. The highest BCUT2D eigenvalue weighted by atomic mass is 16.4. The normalized spacial score (nSPS) is 9.75. The summed E-state index contributed by atoms with van der Waals surface area (Å²) in [6.45, 7) is 2.94. The maximum absolute atomic E-state index is 9.99. The molecular weight excluding hydrogens is 158 g/mol. The third-order valence-electron chi connectivity index (χ3n) is 1.36. The Labute approximate surface area is 72.3 Å². The number of amides is 1. The van der Waals surface area contributed by atoms with Crippen molar-refractivity contribution in [1.29, 1.82) is 0 Å². The lowest BCUT2D eigenvalue weighted by Crippen LogP contribution is -2.26. The highest BCUT2D eigenvalue weighted by Gasteiger charge is 1.92. The number of rotatable bonds is 7. The van der Waals surface area contributed by atoms with Crippen LogP contribution in [0.4, 0.5) is 4.79 Å². The zero-order valence-electron chi connectivity index (χ0n) is 7.18. The zero-order chi connectivity index (χ0) is 9.23. The molecule has 0 atom stereocenters. The molecule has 5 heteroatoms. The number of nitrogens with one attached hydrogen (secondary N) is 2. The third-order valence-corrected chi connectivity index (χ3v) is 1.36. The second-order valence-corrected chi connectivity index (χ2v) is 2.48. The highest BCUT2D eigenvalue weighted by molar-refractivity contribution is 5.64. The summed E-state index contributed by atoms with van der Waals surface area (Å²) in [5, 5.41) is 13.6. The van der Waals surface area contributed by atoms with Gasteiger partial charge in [0.2, 0.25) is 0 Å². The molecule has 0 rings (SSSR count). The molecule has 0 aromatic carbocycles. The van der Waals surface area contributed by atoms with Gasteiger partial charge in [-0.25, -0.2) is 4.79 Å². The second-order valence-electron chi connectivity index (χ2n) is 2.48. The molecule has 0 saturated carbocycles. The number of carbonyl (C=O) groups is 1. The fraction of sp³-hybridized carbons (Fsp3) is 0.857. The number of carboxylic acid groups (broad SMARTS) is 1. The molecule has 0 saturated heterocycles. The van der Waals surface area contributed by atoms with Crippen LogP contribution in [0.15, 0.2) is 0 Å². The van der Waals surface area contributed by atoms with Crippen molar-refractivity contribution >= 4 is 6.09 Å². The van der Waals surface area contributed by atoms with Gasteiger partial charge in [-0.3, -0.25) is 0 Å². The molecule has 0 aromatic heterocycles. The molecule has 0 unspecified atom stereocenters. The van der Waals surface area contributed by atoms with Crippen LogP contribution >= 0.6 is 0 Å². The topological polar surface area (TPSA) is 87.4 Å². The minimum absolute atomic E-state index is 0.505. The number of nitrogens with two attached hydrogens (primary N) is 1. The van der Waals surface area contributed by atoms with Gasteiger partial charge in [-0.05, 0) is 32.5 Å². The lowest BCUT2D eigenvalue weighted by molar-refractivity contribution is 0.194. The summed E-state index contributed by atoms with van der Waals surface area (Å²) in [4.78, 5) is 9.99. The fourth-order valence-corrected chi connectivity index (χ4v) is 0.761. The van der Waals surface area contributed by atoms with Crippen LogP contribution in [0.3, 0.4) is 0 Å². The van der Waals surface area contributed by atoms with Crippen LogP contribution in [-0.4, -0.2) is 37.4 Å². The van der Waals surface area contributed by atoms with Gasteiger partial charge in [-0.15, -0.1) is 0 Å². The van der Waals surface area contributed by atoms with Crippen LogP contribution < -0.4 is 16.4 Å². The Morgan fingerprint density at radius 2 is 1.92 bits per heavy atom. The van der Waals surface area contributed by atoms with E-state index in [1.54, 1.807) is 0 Å². The second kappa shape index (κ2) is 8.29. The molecular formula is C7H17N3O2. The first-order chi connectivity index (χ1) is 5.77. The van der Waals surface area contributed by atoms with Crippen molar-refractivity contribution in [3.05, 3.63) is 0 Å². The van der Waals surface area contributed by atoms with Gasteiger partial charge < -0.3 is 21.5 Å². The Bertz CT molecular complexity index is 119. The van der Waals surface area contributed by atoms with Gasteiger partial charge in [0.25, 0.3) is 0 Å². The minimum atomic E-state index is -0.961. The van der Waals surface area contributed by atoms with Crippen molar-refractivity contribution in [3.8, 4) is 0 Å². The number of hydrogen-bond acceptors (Lipinski definition) is 3. The van der Waals surface area contributed by atoms with Crippen LogP contribution in [0.2, 0.25) is 0 Å². The molecule has 1 amide bonds. The molecule has 0 aromatic rings. The van der Waals surface area contributed by atoms with E-state index in [1.807, 2.05) is 0 Å². The largest absolute Gasteiger partial charge is 0.465 e. The monoisotopic (exact) mass is 175 g/mol. The van der Waals surface area contributed by atoms with E-state index >= 15 is 0 Å². The van der Waals surface area contributed by atoms with E-state index in [0.29, 0.717) is 13.1 Å². The predicted octanol–water partition coefficient (Wildman–Crippen LogP) is -0.417. The number of hydrogen-bond donors (Lipinski definition) is 4. The molecule has 0 bridgehead atoms. The van der Waals surface area contributed by atoms with Gasteiger partial charge in [0.05, 0.1) is 0 Å². The Morgan fingerprint density at radius 1 is 1.25 bits per heavy atom. The molecule has 12 heavy (non-hydrogen) atoms. The van der Waals surface area contributed by atoms with E-state index in [0.717, 1.165) is 25.9 Å². The standard InChI is InChI=1S/C7H17N3O2/c8-3-1-4-9-5-2-6-10-7(11)12/h9-10H,1-6,8H2,(H,11,12). The van der Waals surface area contributed by atoms with Crippen molar-refractivity contribution in [2.45, 2.75) is 12.8 Å². The van der Waals surface area contributed by atoms with E-state index in [-0.39, 0.29) is 0 Å². The van der Waals surface area contributed by atoms with E-state index < -0.39 is 6.09 Å². The van der Waals surface area contributed by atoms with Crippen molar-refractivity contribution in [1.82, 2.24) is 10.6 Å². The fourth-order valence-electron chi connectivity index (χ4n) is 0.761. The Morgan fingerprint density at radius 3 is 2.50 bits per heavy atom. The minimum Gasteiger partial charge on any atom is -0.465 e. The van der Waals surface area contributed by atoms with Crippen LogP contribution in [-0.2, 0) is 0 Å². The summed E-state index contributed by atoms with van der Waals surface area (Å²) >= 11 is 0. The summed E-state index contributed by atoms with van der Waals surface area (Å²) in [5.74, 6) is 0. The molecule has 0 heterocycles. The first kappa shape index (κ1) is 11.2. The quantitative estimate of drug-likeness (QED) is 0.396. The summed E-state index contributed by atoms with van der Waals surface area (Å²) in [6.07, 6.45) is 0.820. The lowest BCUT2D eigenvalue weighted by atomic mass is 10.4. The van der Waals surface area contributed by atoms with E-state index in [9.17, 15) is 4.79 Å². The predicted molar refractivity (Wildman–Crippen MR) is 47.2 cm³/mol. The van der Waals surface area contributed by atoms with E-state index in [4.69, 9.17) is 10.8 Å². The van der Waals surface area contributed by atoms with E-state index in [2.05, 4.69) is 10.6 Å². The molecule has 0 aliphatic carbocycles. The average molecular weight is 175 g/mol. The van der Waals surface area contributed by atoms with Gasteiger partial charge in [-0.1, -0.05) is 0 Å². The van der Waals surface area contributed by atoms with Gasteiger partial charge in [0.15, 0.2) is 0 Å². The molecule has 72 valence electrons. The summed E-state index contributed by atoms with van der Waals surface area (Å²) < 4.78 is 0. The molecule has 5 N–H and O–H groups in total. The van der Waals surface area contributed by atoms with E-state index in [1.165, 1.54) is 0 Å². The molecule has 0 aliphatic rings. The molecule has 0 spiro atoms. The van der Waals surface area contributed by atoms with Gasteiger partial charge >= 0.3 is 6.09 Å². The van der Waals surface area contributed by atoms with Crippen LogP contribution in [0.1, 0.15) is 12.8 Å². The van der Waals surface area contributed by atoms with Crippen molar-refractivity contribution < 1.29 is 9.90 Å².